The monoisotopic (exact) mass is 396 g/mol. The molecule has 0 saturated carbocycles. The molecule has 2 aromatic heterocycles. The molecule has 0 aromatic carbocycles. The molecule has 1 saturated heterocycles. The Hall–Kier alpha value is -1.18. The lowest BCUT2D eigenvalue weighted by molar-refractivity contribution is 0.200. The molecular weight excluding hydrogens is 376 g/mol. The van der Waals surface area contributed by atoms with Crippen LogP contribution in [0.5, 0.6) is 5.88 Å². The zero-order chi connectivity index (χ0) is 16.2. The first kappa shape index (κ1) is 16.7. The normalized spacial score (nSPS) is 18.8. The second-order valence-corrected chi connectivity index (χ2v) is 7.70. The lowest BCUT2D eigenvalue weighted by atomic mass is 10.0. The Kier molecular flexibility index (Phi) is 5.50. The van der Waals surface area contributed by atoms with Gasteiger partial charge in [0.15, 0.2) is 0 Å². The highest BCUT2D eigenvalue weighted by atomic mass is 79.9. The zero-order valence-electron chi connectivity index (χ0n) is 13.4. The maximum Gasteiger partial charge on any atom is 0.218 e. The average molecular weight is 397 g/mol. The Labute approximate surface area is 149 Å². The van der Waals surface area contributed by atoms with Crippen molar-refractivity contribution in [3.63, 3.8) is 0 Å². The minimum absolute atomic E-state index is 0.465. The third-order valence-corrected chi connectivity index (χ3v) is 5.91. The third-order valence-electron chi connectivity index (χ3n) is 4.23. The van der Waals surface area contributed by atoms with Gasteiger partial charge in [-0.2, -0.15) is 0 Å². The Balaban J connectivity index is 1.65. The molecule has 0 bridgehead atoms. The Morgan fingerprint density at radius 3 is 3.04 bits per heavy atom. The van der Waals surface area contributed by atoms with Crippen molar-refractivity contribution >= 4 is 33.1 Å². The minimum Gasteiger partial charge on any atom is -0.481 e. The van der Waals surface area contributed by atoms with Crippen LogP contribution in [0.1, 0.15) is 17.7 Å². The second-order valence-electron chi connectivity index (χ2n) is 5.79. The zero-order valence-corrected chi connectivity index (χ0v) is 15.8. The number of rotatable bonds is 5. The summed E-state index contributed by atoms with van der Waals surface area (Å²) in [5, 5.41) is 2.15. The van der Waals surface area contributed by atoms with Gasteiger partial charge in [0.05, 0.1) is 7.11 Å². The van der Waals surface area contributed by atoms with Gasteiger partial charge in [0.2, 0.25) is 5.88 Å². The van der Waals surface area contributed by atoms with E-state index in [-0.39, 0.29) is 0 Å². The SMILES string of the molecule is COc1cc(N(C)C2CCCN(Cc3cc(Br)cs3)C2)ncn1. The van der Waals surface area contributed by atoms with Crippen LogP contribution in [-0.2, 0) is 6.54 Å². The number of ether oxygens (including phenoxy) is 1. The fourth-order valence-electron chi connectivity index (χ4n) is 2.97. The molecule has 2 aromatic rings. The van der Waals surface area contributed by atoms with Crippen LogP contribution in [0.15, 0.2) is 28.3 Å². The van der Waals surface area contributed by atoms with Crippen molar-refractivity contribution in [3.8, 4) is 5.88 Å². The molecule has 3 heterocycles. The van der Waals surface area contributed by atoms with Crippen molar-refractivity contribution in [2.45, 2.75) is 25.4 Å². The van der Waals surface area contributed by atoms with E-state index in [9.17, 15) is 0 Å². The fraction of sp³-hybridized carbons (Fsp3) is 0.500. The molecule has 0 N–H and O–H groups in total. The van der Waals surface area contributed by atoms with Crippen LogP contribution in [0.4, 0.5) is 5.82 Å². The topological polar surface area (TPSA) is 41.5 Å². The lowest BCUT2D eigenvalue weighted by Gasteiger charge is -2.38. The number of likely N-dealkylation sites (N-methyl/N-ethyl adjacent to an activating group) is 1. The predicted molar refractivity (Wildman–Crippen MR) is 97.3 cm³/mol. The van der Waals surface area contributed by atoms with Gasteiger partial charge in [-0.25, -0.2) is 9.97 Å². The first-order valence-electron chi connectivity index (χ1n) is 7.70. The van der Waals surface area contributed by atoms with E-state index in [0.29, 0.717) is 11.9 Å². The summed E-state index contributed by atoms with van der Waals surface area (Å²) in [5.74, 6) is 1.53. The maximum absolute atomic E-state index is 5.20. The van der Waals surface area contributed by atoms with E-state index in [1.165, 1.54) is 22.2 Å². The molecular formula is C16H21BrN4OS. The van der Waals surface area contributed by atoms with Gasteiger partial charge in [-0.3, -0.25) is 4.90 Å². The smallest absolute Gasteiger partial charge is 0.218 e. The van der Waals surface area contributed by atoms with Crippen molar-refractivity contribution < 1.29 is 4.74 Å². The van der Waals surface area contributed by atoms with E-state index in [0.717, 1.165) is 25.5 Å². The number of likely N-dealkylation sites (tertiary alicyclic amines) is 1. The lowest BCUT2D eigenvalue weighted by Crippen LogP contribution is -2.46. The summed E-state index contributed by atoms with van der Waals surface area (Å²) < 4.78 is 6.38. The minimum atomic E-state index is 0.465. The first-order chi connectivity index (χ1) is 11.2. The molecule has 1 aliphatic rings. The molecule has 1 atom stereocenters. The van der Waals surface area contributed by atoms with E-state index in [2.05, 4.69) is 54.2 Å². The van der Waals surface area contributed by atoms with Gasteiger partial charge in [0.1, 0.15) is 12.1 Å². The van der Waals surface area contributed by atoms with Crippen LogP contribution in [0.25, 0.3) is 0 Å². The van der Waals surface area contributed by atoms with Crippen LogP contribution >= 0.6 is 27.3 Å². The van der Waals surface area contributed by atoms with E-state index in [4.69, 9.17) is 4.74 Å². The largest absolute Gasteiger partial charge is 0.481 e. The van der Waals surface area contributed by atoms with Gasteiger partial charge in [-0.15, -0.1) is 11.3 Å². The summed E-state index contributed by atoms with van der Waals surface area (Å²) in [6.07, 6.45) is 3.96. The molecule has 3 rings (SSSR count). The molecule has 124 valence electrons. The number of hydrogen-bond donors (Lipinski definition) is 0. The van der Waals surface area contributed by atoms with E-state index in [1.54, 1.807) is 13.4 Å². The Morgan fingerprint density at radius 2 is 2.30 bits per heavy atom. The molecule has 0 aliphatic carbocycles. The number of thiophene rings is 1. The Bertz CT molecular complexity index is 651. The van der Waals surface area contributed by atoms with Gasteiger partial charge in [0.25, 0.3) is 0 Å². The maximum atomic E-state index is 5.20. The van der Waals surface area contributed by atoms with Crippen LogP contribution < -0.4 is 9.64 Å². The molecule has 0 radical (unpaired) electrons. The number of hydrogen-bond acceptors (Lipinski definition) is 6. The van der Waals surface area contributed by atoms with Gasteiger partial charge in [-0.05, 0) is 41.4 Å². The molecule has 0 spiro atoms. The highest BCUT2D eigenvalue weighted by molar-refractivity contribution is 9.10. The van der Waals surface area contributed by atoms with E-state index < -0.39 is 0 Å². The van der Waals surface area contributed by atoms with E-state index >= 15 is 0 Å². The standard InChI is InChI=1S/C16H21BrN4OS/c1-20(15-7-16(22-2)19-11-18-15)13-4-3-5-21(8-13)9-14-6-12(17)10-23-14/h6-7,10-11,13H,3-5,8-9H2,1-2H3. The third kappa shape index (κ3) is 4.22. The number of piperidine rings is 1. The average Bonchev–Trinajstić information content (AvgIpc) is 2.99. The van der Waals surface area contributed by atoms with Crippen LogP contribution in [0, 0.1) is 0 Å². The molecule has 7 heteroatoms. The molecule has 1 aliphatic heterocycles. The number of nitrogens with zero attached hydrogens (tertiary/aromatic N) is 4. The molecule has 1 unspecified atom stereocenters. The van der Waals surface area contributed by atoms with Crippen molar-refractivity contribution in [3.05, 3.63) is 33.2 Å². The summed E-state index contributed by atoms with van der Waals surface area (Å²) in [5.41, 5.74) is 0. The number of methoxy groups -OCH3 is 1. The fourth-order valence-corrected chi connectivity index (χ4v) is 4.46. The first-order valence-corrected chi connectivity index (χ1v) is 9.37. The molecule has 23 heavy (non-hydrogen) atoms. The van der Waals surface area contributed by atoms with Gasteiger partial charge < -0.3 is 9.64 Å². The van der Waals surface area contributed by atoms with Crippen LogP contribution in [0.2, 0.25) is 0 Å². The van der Waals surface area contributed by atoms with Gasteiger partial charge in [-0.1, -0.05) is 0 Å². The van der Waals surface area contributed by atoms with Crippen molar-refractivity contribution in [1.82, 2.24) is 14.9 Å². The highest BCUT2D eigenvalue weighted by Gasteiger charge is 2.24. The van der Waals surface area contributed by atoms with Crippen molar-refractivity contribution in [2.24, 2.45) is 0 Å². The van der Waals surface area contributed by atoms with Crippen molar-refractivity contribution in [2.75, 3.05) is 32.1 Å². The molecule has 0 amide bonds. The highest BCUT2D eigenvalue weighted by Crippen LogP contribution is 2.25. The van der Waals surface area contributed by atoms with Crippen LogP contribution in [-0.4, -0.2) is 48.2 Å². The number of aromatic nitrogens is 2. The van der Waals surface area contributed by atoms with Gasteiger partial charge >= 0.3 is 0 Å². The second kappa shape index (κ2) is 7.59. The summed E-state index contributed by atoms with van der Waals surface area (Å²) in [6, 6.07) is 4.58. The van der Waals surface area contributed by atoms with Crippen LogP contribution in [0.3, 0.4) is 0 Å². The quantitative estimate of drug-likeness (QED) is 0.774. The summed E-state index contributed by atoms with van der Waals surface area (Å²) >= 11 is 5.35. The summed E-state index contributed by atoms with van der Waals surface area (Å²) in [6.45, 7) is 3.24. The predicted octanol–water partition coefficient (Wildman–Crippen LogP) is 3.41. The summed E-state index contributed by atoms with van der Waals surface area (Å²) in [7, 11) is 3.74. The van der Waals surface area contributed by atoms with Gasteiger partial charge in [0, 0.05) is 47.0 Å². The summed E-state index contributed by atoms with van der Waals surface area (Å²) in [4.78, 5) is 14.7. The molecule has 1 fully saturated rings. The molecule has 5 nitrogen and oxygen atoms in total. The van der Waals surface area contributed by atoms with Crippen molar-refractivity contribution in [1.29, 1.82) is 0 Å². The number of anilines is 1. The van der Waals surface area contributed by atoms with E-state index in [1.807, 2.05) is 17.4 Å². The Morgan fingerprint density at radius 1 is 1.43 bits per heavy atom. The number of halogens is 1.